The molecule has 3 aromatic rings. The summed E-state index contributed by atoms with van der Waals surface area (Å²) in [6.45, 7) is 0. The van der Waals surface area contributed by atoms with Crippen LogP contribution in [0, 0.1) is 0 Å². The molecule has 1 aliphatic heterocycles. The molecule has 0 unspecified atom stereocenters. The molecule has 5 rings (SSSR count). The molecule has 0 atom stereocenters. The fourth-order valence-corrected chi connectivity index (χ4v) is 3.24. The number of amides is 3. The van der Waals surface area contributed by atoms with Gasteiger partial charge in [0.25, 0.3) is 5.91 Å². The maximum absolute atomic E-state index is 12.5. The predicted molar refractivity (Wildman–Crippen MR) is 111 cm³/mol. The molecule has 2 aromatic heterocycles. The molecule has 3 heterocycles. The Hall–Kier alpha value is -4.29. The fraction of sp³-hybridized carbons (Fsp3) is 0.200. The highest BCUT2D eigenvalue weighted by Gasteiger charge is 2.31. The molecular formula is C20H16F3N7O3. The molecule has 1 saturated heterocycles. The molecule has 10 nitrogen and oxygen atoms in total. The van der Waals surface area contributed by atoms with Crippen molar-refractivity contribution in [3.05, 3.63) is 47.8 Å². The number of nitrogens with zero attached hydrogens (tertiary/aromatic N) is 3. The molecule has 4 N–H and O–H groups in total. The first-order chi connectivity index (χ1) is 15.7. The smallest absolute Gasteiger partial charge is 0.406 e. The predicted octanol–water partition coefficient (Wildman–Crippen LogP) is 3.13. The molecule has 1 saturated carbocycles. The van der Waals surface area contributed by atoms with E-state index < -0.39 is 18.3 Å². The number of fused-ring (bicyclic) bond motifs is 1. The van der Waals surface area contributed by atoms with Crippen LogP contribution in [0.3, 0.4) is 0 Å². The zero-order valence-corrected chi connectivity index (χ0v) is 16.7. The lowest BCUT2D eigenvalue weighted by molar-refractivity contribution is -0.274. The Balaban J connectivity index is 1.51. The van der Waals surface area contributed by atoms with E-state index in [2.05, 4.69) is 36.1 Å². The lowest BCUT2D eigenvalue weighted by Gasteiger charge is -2.13. The van der Waals surface area contributed by atoms with E-state index in [1.807, 2.05) is 0 Å². The summed E-state index contributed by atoms with van der Waals surface area (Å²) < 4.78 is 43.2. The average molecular weight is 459 g/mol. The SMILES string of the molecule is O=C1NC(=O)/C(=C/c2cnn3c(NC4CC4)cc(Nc4cccc(OC(F)(F)F)c4)nc23)N1. The van der Waals surface area contributed by atoms with Gasteiger partial charge in [0.2, 0.25) is 0 Å². The zero-order valence-electron chi connectivity index (χ0n) is 16.7. The highest BCUT2D eigenvalue weighted by Crippen LogP contribution is 2.30. The van der Waals surface area contributed by atoms with E-state index in [1.54, 1.807) is 16.6 Å². The van der Waals surface area contributed by atoms with E-state index in [0.29, 0.717) is 28.5 Å². The van der Waals surface area contributed by atoms with Gasteiger partial charge in [0, 0.05) is 29.4 Å². The number of ether oxygens (including phenoxy) is 1. The lowest BCUT2D eigenvalue weighted by Crippen LogP contribution is -2.22. The van der Waals surface area contributed by atoms with Gasteiger partial charge in [-0.2, -0.15) is 9.61 Å². The van der Waals surface area contributed by atoms with E-state index in [9.17, 15) is 22.8 Å². The average Bonchev–Trinajstić information content (AvgIpc) is 3.36. The molecule has 2 fully saturated rings. The summed E-state index contributed by atoms with van der Waals surface area (Å²) >= 11 is 0. The van der Waals surface area contributed by atoms with Crippen LogP contribution in [0.1, 0.15) is 18.4 Å². The minimum Gasteiger partial charge on any atom is -0.406 e. The van der Waals surface area contributed by atoms with Gasteiger partial charge in [0.1, 0.15) is 23.1 Å². The molecule has 2 aliphatic rings. The molecular weight excluding hydrogens is 443 g/mol. The Morgan fingerprint density at radius 3 is 2.70 bits per heavy atom. The van der Waals surface area contributed by atoms with Crippen LogP contribution in [0.5, 0.6) is 5.75 Å². The van der Waals surface area contributed by atoms with E-state index in [-0.39, 0.29) is 17.5 Å². The Morgan fingerprint density at radius 1 is 1.18 bits per heavy atom. The third-order valence-corrected chi connectivity index (χ3v) is 4.79. The largest absolute Gasteiger partial charge is 0.573 e. The van der Waals surface area contributed by atoms with Crippen molar-refractivity contribution >= 4 is 41.0 Å². The maximum atomic E-state index is 12.5. The number of benzene rings is 1. The van der Waals surface area contributed by atoms with Crippen molar-refractivity contribution in [2.45, 2.75) is 25.2 Å². The number of anilines is 3. The van der Waals surface area contributed by atoms with Gasteiger partial charge in [0.05, 0.1) is 6.20 Å². The second-order valence-corrected chi connectivity index (χ2v) is 7.45. The first-order valence-corrected chi connectivity index (χ1v) is 9.86. The molecule has 1 aliphatic carbocycles. The summed E-state index contributed by atoms with van der Waals surface area (Å²) in [5.41, 5.74) is 1.20. The summed E-state index contributed by atoms with van der Waals surface area (Å²) in [6.07, 6.45) is 0.117. The topological polar surface area (TPSA) is 122 Å². The number of alkyl halides is 3. The van der Waals surface area contributed by atoms with E-state index >= 15 is 0 Å². The van der Waals surface area contributed by atoms with Crippen LogP contribution in [0.15, 0.2) is 42.2 Å². The minimum atomic E-state index is -4.81. The van der Waals surface area contributed by atoms with Gasteiger partial charge in [-0.1, -0.05) is 6.07 Å². The zero-order chi connectivity index (χ0) is 23.2. The second-order valence-electron chi connectivity index (χ2n) is 7.45. The van der Waals surface area contributed by atoms with Crippen LogP contribution in [0.25, 0.3) is 11.7 Å². The van der Waals surface area contributed by atoms with Gasteiger partial charge in [-0.25, -0.2) is 9.78 Å². The molecule has 1 aromatic carbocycles. The van der Waals surface area contributed by atoms with Crippen LogP contribution < -0.4 is 26.0 Å². The molecule has 0 bridgehead atoms. The summed E-state index contributed by atoms with van der Waals surface area (Å²) in [4.78, 5) is 27.8. The van der Waals surface area contributed by atoms with Gasteiger partial charge in [-0.3, -0.25) is 10.1 Å². The van der Waals surface area contributed by atoms with Gasteiger partial charge >= 0.3 is 12.4 Å². The van der Waals surface area contributed by atoms with Gasteiger partial charge < -0.3 is 20.7 Å². The number of rotatable bonds is 6. The number of aromatic nitrogens is 3. The lowest BCUT2D eigenvalue weighted by atomic mass is 10.2. The minimum absolute atomic E-state index is 0.0452. The molecule has 3 amide bonds. The monoisotopic (exact) mass is 459 g/mol. The van der Waals surface area contributed by atoms with Crippen molar-refractivity contribution in [3.63, 3.8) is 0 Å². The van der Waals surface area contributed by atoms with Crippen molar-refractivity contribution in [1.82, 2.24) is 25.2 Å². The number of nitrogens with one attached hydrogen (secondary N) is 4. The van der Waals surface area contributed by atoms with Crippen LogP contribution in [0.4, 0.5) is 35.3 Å². The standard InChI is InChI=1S/C20H16F3N7O3/c21-20(22,23)33-13-3-1-2-12(7-13)25-15-8-16(26-11-4-5-11)30-17(28-15)10(9-24-30)6-14-18(31)29-19(32)27-14/h1-3,6-9,11,26H,4-5H2,(H,25,28)(H2,27,29,31,32)/b14-6-. The Morgan fingerprint density at radius 2 is 2.00 bits per heavy atom. The molecule has 0 radical (unpaired) electrons. The van der Waals surface area contributed by atoms with E-state index in [1.165, 1.54) is 30.5 Å². The summed E-state index contributed by atoms with van der Waals surface area (Å²) in [5.74, 6) is -0.0127. The summed E-state index contributed by atoms with van der Waals surface area (Å²) in [5, 5.41) is 15.1. The van der Waals surface area contributed by atoms with Gasteiger partial charge in [-0.15, -0.1) is 13.2 Å². The van der Waals surface area contributed by atoms with Gasteiger partial charge in [0.15, 0.2) is 5.65 Å². The third kappa shape index (κ3) is 4.66. The number of halogens is 3. The quantitative estimate of drug-likeness (QED) is 0.330. The van der Waals surface area contributed by atoms with Crippen molar-refractivity contribution in [2.75, 3.05) is 10.6 Å². The number of hydrogen-bond acceptors (Lipinski definition) is 7. The maximum Gasteiger partial charge on any atom is 0.573 e. The van der Waals surface area contributed by atoms with Crippen LogP contribution in [-0.2, 0) is 4.79 Å². The Labute approximate surface area is 183 Å². The first-order valence-electron chi connectivity index (χ1n) is 9.86. The van der Waals surface area contributed by atoms with Crippen molar-refractivity contribution in [1.29, 1.82) is 0 Å². The highest BCUT2D eigenvalue weighted by atomic mass is 19.4. The molecule has 33 heavy (non-hydrogen) atoms. The number of carbonyl (C=O) groups excluding carboxylic acids is 2. The molecule has 13 heteroatoms. The number of carbonyl (C=O) groups is 2. The second kappa shape index (κ2) is 7.69. The van der Waals surface area contributed by atoms with Gasteiger partial charge in [-0.05, 0) is 31.1 Å². The Kier molecular flexibility index (Phi) is 4.80. The third-order valence-electron chi connectivity index (χ3n) is 4.79. The first kappa shape index (κ1) is 20.6. The summed E-state index contributed by atoms with van der Waals surface area (Å²) in [6, 6.07) is 6.70. The fourth-order valence-electron chi connectivity index (χ4n) is 3.24. The van der Waals surface area contributed by atoms with Crippen LogP contribution in [-0.4, -0.2) is 38.9 Å². The number of urea groups is 1. The number of imide groups is 1. The van der Waals surface area contributed by atoms with Crippen molar-refractivity contribution in [3.8, 4) is 5.75 Å². The van der Waals surface area contributed by atoms with Crippen LogP contribution >= 0.6 is 0 Å². The molecule has 170 valence electrons. The van der Waals surface area contributed by atoms with Crippen molar-refractivity contribution in [2.24, 2.45) is 0 Å². The Bertz CT molecular complexity index is 1300. The van der Waals surface area contributed by atoms with Crippen molar-refractivity contribution < 1.29 is 27.5 Å². The van der Waals surface area contributed by atoms with Crippen LogP contribution in [0.2, 0.25) is 0 Å². The normalized spacial score (nSPS) is 17.2. The summed E-state index contributed by atoms with van der Waals surface area (Å²) in [7, 11) is 0. The molecule has 0 spiro atoms. The van der Waals surface area contributed by atoms with E-state index in [0.717, 1.165) is 12.8 Å². The number of hydrogen-bond donors (Lipinski definition) is 4. The van der Waals surface area contributed by atoms with E-state index in [4.69, 9.17) is 0 Å². The highest BCUT2D eigenvalue weighted by molar-refractivity contribution is 6.14.